The van der Waals surface area contributed by atoms with E-state index in [1.807, 2.05) is 35.8 Å². The molecule has 1 unspecified atom stereocenters. The summed E-state index contributed by atoms with van der Waals surface area (Å²) in [5.41, 5.74) is 2.46. The van der Waals surface area contributed by atoms with Gasteiger partial charge in [-0.1, -0.05) is 41.6 Å². The Morgan fingerprint density at radius 3 is 2.69 bits per heavy atom. The lowest BCUT2D eigenvalue weighted by molar-refractivity contribution is -0.115. The number of aryl methyl sites for hydroxylation is 1. The molecule has 4 rings (SSSR count). The second kappa shape index (κ2) is 9.89. The maximum atomic E-state index is 13.4. The van der Waals surface area contributed by atoms with Gasteiger partial charge in [0.25, 0.3) is 0 Å². The molecule has 0 aliphatic carbocycles. The van der Waals surface area contributed by atoms with Gasteiger partial charge in [-0.3, -0.25) is 9.36 Å². The number of halogens is 2. The fraction of sp³-hybridized carbons (Fsp3) is 0.318. The maximum absolute atomic E-state index is 13.4. The number of morpholine rings is 1. The Morgan fingerprint density at radius 2 is 1.97 bits per heavy atom. The fourth-order valence-corrected chi connectivity index (χ4v) is 4.40. The van der Waals surface area contributed by atoms with Crippen molar-refractivity contribution < 1.29 is 13.9 Å². The highest BCUT2D eigenvalue weighted by Crippen LogP contribution is 2.31. The van der Waals surface area contributed by atoms with Crippen molar-refractivity contribution in [3.63, 3.8) is 0 Å². The molecule has 168 valence electrons. The van der Waals surface area contributed by atoms with Crippen molar-refractivity contribution in [1.29, 1.82) is 0 Å². The van der Waals surface area contributed by atoms with Crippen LogP contribution in [-0.2, 0) is 9.53 Å². The molecule has 0 saturated carbocycles. The normalized spacial score (nSPS) is 14.9. The number of hydrogen-bond donors (Lipinski definition) is 1. The molecule has 1 amide bonds. The van der Waals surface area contributed by atoms with Crippen LogP contribution in [0.5, 0.6) is 0 Å². The molecule has 1 saturated heterocycles. The van der Waals surface area contributed by atoms with Gasteiger partial charge in [-0.05, 0) is 43.7 Å². The van der Waals surface area contributed by atoms with Crippen molar-refractivity contribution in [3.8, 4) is 5.69 Å². The number of carbonyl (C=O) groups is 1. The lowest BCUT2D eigenvalue weighted by atomic mass is 10.2. The number of ether oxygens (including phenoxy) is 1. The standard InChI is InChI=1S/C22H23ClFN5O2S/c1-14-5-3-4-6-19(14)29-21(28-9-11-31-12-10-28)26-27-22(29)32-15(2)20(30)25-16-7-8-18(24)17(23)13-16/h3-8,13,15H,9-12H2,1-2H3,(H,25,30). The molecule has 0 spiro atoms. The van der Waals surface area contributed by atoms with Gasteiger partial charge >= 0.3 is 0 Å². The first-order chi connectivity index (χ1) is 15.4. The number of aromatic nitrogens is 3. The summed E-state index contributed by atoms with van der Waals surface area (Å²) >= 11 is 7.13. The van der Waals surface area contributed by atoms with E-state index in [0.29, 0.717) is 24.1 Å². The molecule has 1 aromatic heterocycles. The van der Waals surface area contributed by atoms with E-state index in [9.17, 15) is 9.18 Å². The van der Waals surface area contributed by atoms with Crippen LogP contribution in [0.1, 0.15) is 12.5 Å². The number of amides is 1. The molecule has 1 fully saturated rings. The van der Waals surface area contributed by atoms with Crippen molar-refractivity contribution in [1.82, 2.24) is 14.8 Å². The third-order valence-electron chi connectivity index (χ3n) is 5.11. The van der Waals surface area contributed by atoms with Gasteiger partial charge in [-0.25, -0.2) is 4.39 Å². The highest BCUT2D eigenvalue weighted by molar-refractivity contribution is 8.00. The van der Waals surface area contributed by atoms with Gasteiger partial charge in [0, 0.05) is 18.8 Å². The van der Waals surface area contributed by atoms with Crippen LogP contribution < -0.4 is 10.2 Å². The minimum Gasteiger partial charge on any atom is -0.378 e. The van der Waals surface area contributed by atoms with Crippen molar-refractivity contribution in [2.24, 2.45) is 0 Å². The number of benzene rings is 2. The number of hydrogen-bond acceptors (Lipinski definition) is 6. The van der Waals surface area contributed by atoms with Crippen molar-refractivity contribution in [2.45, 2.75) is 24.3 Å². The van der Waals surface area contributed by atoms with Gasteiger partial charge in [0.2, 0.25) is 11.9 Å². The van der Waals surface area contributed by atoms with Gasteiger partial charge < -0.3 is 15.0 Å². The topological polar surface area (TPSA) is 72.3 Å². The summed E-state index contributed by atoms with van der Waals surface area (Å²) in [5, 5.41) is 11.7. The quantitative estimate of drug-likeness (QED) is 0.535. The predicted octanol–water partition coefficient (Wildman–Crippen LogP) is 4.32. The second-order valence-electron chi connectivity index (χ2n) is 7.38. The van der Waals surface area contributed by atoms with Crippen LogP contribution in [-0.4, -0.2) is 52.2 Å². The molecule has 1 aliphatic rings. The maximum Gasteiger partial charge on any atom is 0.237 e. The van der Waals surface area contributed by atoms with Crippen LogP contribution in [0.3, 0.4) is 0 Å². The zero-order valence-electron chi connectivity index (χ0n) is 17.7. The minimum absolute atomic E-state index is 0.0439. The number of nitrogens with one attached hydrogen (secondary N) is 1. The predicted molar refractivity (Wildman–Crippen MR) is 124 cm³/mol. The molecule has 0 radical (unpaired) electrons. The SMILES string of the molecule is Cc1ccccc1-n1c(SC(C)C(=O)Nc2ccc(F)c(Cl)c2)nnc1N1CCOCC1. The Labute approximate surface area is 194 Å². The van der Waals surface area contributed by atoms with E-state index in [2.05, 4.69) is 20.4 Å². The van der Waals surface area contributed by atoms with Crippen molar-refractivity contribution in [2.75, 3.05) is 36.5 Å². The molecule has 1 N–H and O–H groups in total. The monoisotopic (exact) mass is 475 g/mol. The Hall–Kier alpha value is -2.62. The number of thioether (sulfide) groups is 1. The van der Waals surface area contributed by atoms with E-state index in [0.717, 1.165) is 30.3 Å². The van der Waals surface area contributed by atoms with Gasteiger partial charge in [0.05, 0.1) is 29.2 Å². The zero-order chi connectivity index (χ0) is 22.7. The molecular formula is C22H23ClFN5O2S. The number of anilines is 2. The summed E-state index contributed by atoms with van der Waals surface area (Å²) in [6, 6.07) is 12.1. The van der Waals surface area contributed by atoms with E-state index in [4.69, 9.17) is 16.3 Å². The van der Waals surface area contributed by atoms with Gasteiger partial charge in [0.15, 0.2) is 5.16 Å². The van der Waals surface area contributed by atoms with Crippen LogP contribution in [0.2, 0.25) is 5.02 Å². The first-order valence-corrected chi connectivity index (χ1v) is 11.5. The van der Waals surface area contributed by atoms with E-state index in [1.165, 1.54) is 30.0 Å². The molecule has 2 heterocycles. The molecule has 1 aliphatic heterocycles. The third-order valence-corrected chi connectivity index (χ3v) is 6.44. The number of nitrogens with zero attached hydrogens (tertiary/aromatic N) is 4. The zero-order valence-corrected chi connectivity index (χ0v) is 19.3. The molecule has 32 heavy (non-hydrogen) atoms. The minimum atomic E-state index is -0.533. The number of rotatable bonds is 6. The second-order valence-corrected chi connectivity index (χ2v) is 9.10. The molecular weight excluding hydrogens is 453 g/mol. The Morgan fingerprint density at radius 1 is 1.22 bits per heavy atom. The van der Waals surface area contributed by atoms with E-state index >= 15 is 0 Å². The first kappa shape index (κ1) is 22.6. The van der Waals surface area contributed by atoms with E-state index < -0.39 is 11.1 Å². The summed E-state index contributed by atoms with van der Waals surface area (Å²) in [4.78, 5) is 14.9. The molecule has 0 bridgehead atoms. The lowest BCUT2D eigenvalue weighted by Gasteiger charge is -2.28. The Bertz CT molecular complexity index is 1120. The average Bonchev–Trinajstić information content (AvgIpc) is 3.20. The summed E-state index contributed by atoms with van der Waals surface area (Å²) in [6.45, 7) is 6.51. The largest absolute Gasteiger partial charge is 0.378 e. The Balaban J connectivity index is 1.59. The summed E-state index contributed by atoms with van der Waals surface area (Å²) < 4.78 is 20.9. The molecule has 1 atom stereocenters. The summed E-state index contributed by atoms with van der Waals surface area (Å²) in [7, 11) is 0. The number of carbonyl (C=O) groups excluding carboxylic acids is 1. The molecule has 7 nitrogen and oxygen atoms in total. The van der Waals surface area contributed by atoms with Crippen LogP contribution >= 0.6 is 23.4 Å². The number of para-hydroxylation sites is 1. The summed E-state index contributed by atoms with van der Waals surface area (Å²) in [6.07, 6.45) is 0. The molecule has 2 aromatic carbocycles. The fourth-order valence-electron chi connectivity index (χ4n) is 3.36. The van der Waals surface area contributed by atoms with Crippen molar-refractivity contribution >= 4 is 40.9 Å². The Kier molecular flexibility index (Phi) is 6.98. The smallest absolute Gasteiger partial charge is 0.237 e. The first-order valence-electron chi connectivity index (χ1n) is 10.2. The van der Waals surface area contributed by atoms with Crippen LogP contribution in [0.25, 0.3) is 5.69 Å². The summed E-state index contributed by atoms with van der Waals surface area (Å²) in [5.74, 6) is -0.0537. The van der Waals surface area contributed by atoms with Gasteiger partial charge in [-0.2, -0.15) is 0 Å². The van der Waals surface area contributed by atoms with Crippen LogP contribution in [0.15, 0.2) is 47.6 Å². The molecule has 3 aromatic rings. The average molecular weight is 476 g/mol. The van der Waals surface area contributed by atoms with E-state index in [1.54, 1.807) is 6.92 Å². The van der Waals surface area contributed by atoms with E-state index in [-0.39, 0.29) is 10.9 Å². The van der Waals surface area contributed by atoms with Gasteiger partial charge in [-0.15, -0.1) is 10.2 Å². The highest BCUT2D eigenvalue weighted by atomic mass is 35.5. The molecule has 10 heteroatoms. The van der Waals surface area contributed by atoms with Crippen molar-refractivity contribution in [3.05, 3.63) is 58.9 Å². The highest BCUT2D eigenvalue weighted by Gasteiger charge is 2.25. The van der Waals surface area contributed by atoms with Crippen LogP contribution in [0, 0.1) is 12.7 Å². The van der Waals surface area contributed by atoms with Crippen LogP contribution in [0.4, 0.5) is 16.0 Å². The lowest BCUT2D eigenvalue weighted by Crippen LogP contribution is -2.38. The third kappa shape index (κ3) is 4.90. The van der Waals surface area contributed by atoms with Gasteiger partial charge in [0.1, 0.15) is 5.82 Å².